The van der Waals surface area contributed by atoms with Crippen LogP contribution in [-0.4, -0.2) is 32.3 Å². The normalized spacial score (nSPS) is 10.4. The van der Waals surface area contributed by atoms with Crippen LogP contribution in [0.5, 0.6) is 5.75 Å². The van der Waals surface area contributed by atoms with Gasteiger partial charge < -0.3 is 14.8 Å². The van der Waals surface area contributed by atoms with E-state index in [9.17, 15) is 4.79 Å². The van der Waals surface area contributed by atoms with Gasteiger partial charge in [-0.25, -0.2) is 0 Å². The zero-order valence-corrected chi connectivity index (χ0v) is 12.9. The van der Waals surface area contributed by atoms with E-state index in [2.05, 4.69) is 25.2 Å². The summed E-state index contributed by atoms with van der Waals surface area (Å²) in [6.07, 6.45) is 0.923. The molecule has 1 N–H and O–H groups in total. The summed E-state index contributed by atoms with van der Waals surface area (Å²) in [6.45, 7) is 10.2. The van der Waals surface area contributed by atoms with Gasteiger partial charge in [0.15, 0.2) is 0 Å². The van der Waals surface area contributed by atoms with Crippen LogP contribution >= 0.6 is 0 Å². The average Bonchev–Trinajstić information content (AvgIpc) is 2.41. The van der Waals surface area contributed by atoms with Gasteiger partial charge in [0.05, 0.1) is 13.2 Å². The second-order valence-electron chi connectivity index (χ2n) is 4.75. The van der Waals surface area contributed by atoms with Crippen molar-refractivity contribution in [3.05, 3.63) is 28.8 Å². The highest BCUT2D eigenvalue weighted by Crippen LogP contribution is 2.24. The van der Waals surface area contributed by atoms with Crippen LogP contribution in [-0.2, 0) is 16.0 Å². The molecule has 0 aliphatic heterocycles. The SMILES string of the molecule is CCOCCc1ccc(OCCNC(C)=O)c(C)c1C. The monoisotopic (exact) mass is 279 g/mol. The first-order chi connectivity index (χ1) is 9.56. The van der Waals surface area contributed by atoms with Gasteiger partial charge in [-0.3, -0.25) is 4.79 Å². The topological polar surface area (TPSA) is 47.6 Å². The Morgan fingerprint density at radius 1 is 1.20 bits per heavy atom. The third kappa shape index (κ3) is 5.21. The molecular weight excluding hydrogens is 254 g/mol. The van der Waals surface area contributed by atoms with Crippen molar-refractivity contribution in [2.45, 2.75) is 34.1 Å². The molecule has 0 aliphatic rings. The summed E-state index contributed by atoms with van der Waals surface area (Å²) in [4.78, 5) is 10.8. The lowest BCUT2D eigenvalue weighted by molar-refractivity contribution is -0.119. The second-order valence-corrected chi connectivity index (χ2v) is 4.75. The smallest absolute Gasteiger partial charge is 0.216 e. The zero-order valence-electron chi connectivity index (χ0n) is 12.9. The Morgan fingerprint density at radius 3 is 2.60 bits per heavy atom. The molecule has 1 amide bonds. The van der Waals surface area contributed by atoms with E-state index in [1.165, 1.54) is 18.1 Å². The van der Waals surface area contributed by atoms with E-state index in [1.807, 2.05) is 13.0 Å². The summed E-state index contributed by atoms with van der Waals surface area (Å²) >= 11 is 0. The van der Waals surface area contributed by atoms with Gasteiger partial charge in [0.2, 0.25) is 5.91 Å². The van der Waals surface area contributed by atoms with Crippen LogP contribution in [0.1, 0.15) is 30.5 Å². The van der Waals surface area contributed by atoms with Crippen molar-refractivity contribution >= 4 is 5.91 Å². The number of carbonyl (C=O) groups excluding carboxylic acids is 1. The molecule has 0 radical (unpaired) electrons. The minimum Gasteiger partial charge on any atom is -0.491 e. The highest BCUT2D eigenvalue weighted by atomic mass is 16.5. The summed E-state index contributed by atoms with van der Waals surface area (Å²) < 4.78 is 11.1. The van der Waals surface area contributed by atoms with Gasteiger partial charge in [-0.05, 0) is 49.9 Å². The fraction of sp³-hybridized carbons (Fsp3) is 0.562. The summed E-state index contributed by atoms with van der Waals surface area (Å²) in [7, 11) is 0. The predicted molar refractivity (Wildman–Crippen MR) is 80.3 cm³/mol. The number of rotatable bonds is 8. The maximum atomic E-state index is 10.8. The van der Waals surface area contributed by atoms with Gasteiger partial charge in [0, 0.05) is 13.5 Å². The molecule has 0 bridgehead atoms. The van der Waals surface area contributed by atoms with Crippen LogP contribution in [0.3, 0.4) is 0 Å². The minimum absolute atomic E-state index is 0.0345. The fourth-order valence-electron chi connectivity index (χ4n) is 1.99. The highest BCUT2D eigenvalue weighted by Gasteiger charge is 2.07. The molecule has 0 aromatic heterocycles. The lowest BCUT2D eigenvalue weighted by Crippen LogP contribution is -2.25. The van der Waals surface area contributed by atoms with E-state index in [4.69, 9.17) is 9.47 Å². The van der Waals surface area contributed by atoms with Crippen molar-refractivity contribution in [1.82, 2.24) is 5.32 Å². The van der Waals surface area contributed by atoms with Crippen LogP contribution in [0.4, 0.5) is 0 Å². The molecule has 0 saturated heterocycles. The van der Waals surface area contributed by atoms with E-state index in [0.717, 1.165) is 30.9 Å². The molecule has 0 heterocycles. The van der Waals surface area contributed by atoms with Gasteiger partial charge in [-0.2, -0.15) is 0 Å². The maximum Gasteiger partial charge on any atom is 0.216 e. The van der Waals surface area contributed by atoms with Crippen LogP contribution in [0.25, 0.3) is 0 Å². The molecule has 1 aromatic rings. The Morgan fingerprint density at radius 2 is 1.95 bits per heavy atom. The number of hydrogen-bond donors (Lipinski definition) is 1. The Hall–Kier alpha value is -1.55. The van der Waals surface area contributed by atoms with Gasteiger partial charge in [0.25, 0.3) is 0 Å². The van der Waals surface area contributed by atoms with Crippen molar-refractivity contribution in [2.24, 2.45) is 0 Å². The molecule has 4 nitrogen and oxygen atoms in total. The molecule has 0 saturated carbocycles. The number of benzene rings is 1. The zero-order chi connectivity index (χ0) is 15.0. The first-order valence-corrected chi connectivity index (χ1v) is 7.10. The van der Waals surface area contributed by atoms with Crippen molar-refractivity contribution in [3.8, 4) is 5.75 Å². The molecule has 112 valence electrons. The molecule has 4 heteroatoms. The molecule has 0 atom stereocenters. The van der Waals surface area contributed by atoms with Gasteiger partial charge in [0.1, 0.15) is 12.4 Å². The standard InChI is InChI=1S/C16H25NO3/c1-5-19-10-8-15-6-7-16(13(3)12(15)2)20-11-9-17-14(4)18/h6-7H,5,8-11H2,1-4H3,(H,17,18). The predicted octanol–water partition coefficient (Wildman–Crippen LogP) is 2.40. The van der Waals surface area contributed by atoms with E-state index in [1.54, 1.807) is 0 Å². The summed E-state index contributed by atoms with van der Waals surface area (Å²) in [5, 5.41) is 2.72. The van der Waals surface area contributed by atoms with E-state index < -0.39 is 0 Å². The summed E-state index contributed by atoms with van der Waals surface area (Å²) in [6, 6.07) is 4.09. The summed E-state index contributed by atoms with van der Waals surface area (Å²) in [5.74, 6) is 0.848. The second kappa shape index (κ2) is 8.59. The molecule has 1 aromatic carbocycles. The Kier molecular flexibility index (Phi) is 7.09. The Bertz CT molecular complexity index is 444. The van der Waals surface area contributed by atoms with Crippen molar-refractivity contribution in [2.75, 3.05) is 26.4 Å². The molecule has 1 rings (SSSR count). The third-order valence-corrected chi connectivity index (χ3v) is 3.30. The Labute approximate surface area is 121 Å². The lowest BCUT2D eigenvalue weighted by atomic mass is 10.0. The van der Waals surface area contributed by atoms with Crippen molar-refractivity contribution in [1.29, 1.82) is 0 Å². The number of nitrogens with one attached hydrogen (secondary N) is 1. The quantitative estimate of drug-likeness (QED) is 0.743. The van der Waals surface area contributed by atoms with Crippen LogP contribution in [0, 0.1) is 13.8 Å². The van der Waals surface area contributed by atoms with Crippen LogP contribution in [0.15, 0.2) is 12.1 Å². The van der Waals surface area contributed by atoms with Gasteiger partial charge >= 0.3 is 0 Å². The average molecular weight is 279 g/mol. The number of carbonyl (C=O) groups is 1. The number of amides is 1. The number of hydrogen-bond acceptors (Lipinski definition) is 3. The molecular formula is C16H25NO3. The lowest BCUT2D eigenvalue weighted by Gasteiger charge is -2.14. The summed E-state index contributed by atoms with van der Waals surface area (Å²) in [5.41, 5.74) is 3.70. The van der Waals surface area contributed by atoms with E-state index in [-0.39, 0.29) is 5.91 Å². The van der Waals surface area contributed by atoms with Crippen molar-refractivity contribution in [3.63, 3.8) is 0 Å². The number of ether oxygens (including phenoxy) is 2. The Balaban J connectivity index is 2.57. The van der Waals surface area contributed by atoms with Crippen LogP contribution < -0.4 is 10.1 Å². The molecule has 0 fully saturated rings. The molecule has 0 aliphatic carbocycles. The molecule has 20 heavy (non-hydrogen) atoms. The van der Waals surface area contributed by atoms with Crippen LogP contribution in [0.2, 0.25) is 0 Å². The van der Waals surface area contributed by atoms with Crippen molar-refractivity contribution < 1.29 is 14.3 Å². The fourth-order valence-corrected chi connectivity index (χ4v) is 1.99. The van der Waals surface area contributed by atoms with Gasteiger partial charge in [-0.15, -0.1) is 0 Å². The van der Waals surface area contributed by atoms with Gasteiger partial charge in [-0.1, -0.05) is 6.07 Å². The minimum atomic E-state index is -0.0345. The molecule has 0 unspecified atom stereocenters. The largest absolute Gasteiger partial charge is 0.491 e. The van der Waals surface area contributed by atoms with E-state index in [0.29, 0.717) is 13.2 Å². The first kappa shape index (κ1) is 16.5. The van der Waals surface area contributed by atoms with E-state index >= 15 is 0 Å². The third-order valence-electron chi connectivity index (χ3n) is 3.30. The maximum absolute atomic E-state index is 10.8. The highest BCUT2D eigenvalue weighted by molar-refractivity contribution is 5.72. The molecule has 0 spiro atoms. The first-order valence-electron chi connectivity index (χ1n) is 7.10.